The van der Waals surface area contributed by atoms with E-state index in [9.17, 15) is 4.79 Å². The first-order valence-corrected chi connectivity index (χ1v) is 8.28. The molecule has 1 atom stereocenters. The molecular formula is C14H27BrO4. The molecule has 0 amide bonds. The maximum Gasteiger partial charge on any atom is 0.308 e. The lowest BCUT2D eigenvalue weighted by Gasteiger charge is -2.11. The molecule has 0 aliphatic carbocycles. The fraction of sp³-hybridized carbons (Fsp3) is 0.929. The Morgan fingerprint density at radius 1 is 1.11 bits per heavy atom. The third-order valence-corrected chi connectivity index (χ3v) is 3.37. The van der Waals surface area contributed by atoms with Gasteiger partial charge in [-0.1, -0.05) is 35.7 Å². The summed E-state index contributed by atoms with van der Waals surface area (Å²) in [4.78, 5) is 10.9. The Bertz CT molecular complexity index is 212. The molecule has 1 N–H and O–H groups in total. The molecule has 0 radical (unpaired) electrons. The zero-order valence-electron chi connectivity index (χ0n) is 11.9. The molecule has 0 aromatic carbocycles. The van der Waals surface area contributed by atoms with Crippen molar-refractivity contribution in [2.45, 2.75) is 45.4 Å². The van der Waals surface area contributed by atoms with E-state index in [-0.39, 0.29) is 5.92 Å². The zero-order valence-corrected chi connectivity index (χ0v) is 13.5. The molecule has 0 aromatic heterocycles. The molecule has 114 valence electrons. The Labute approximate surface area is 125 Å². The van der Waals surface area contributed by atoms with Crippen LogP contribution in [-0.2, 0) is 14.3 Å². The van der Waals surface area contributed by atoms with E-state index in [4.69, 9.17) is 14.6 Å². The van der Waals surface area contributed by atoms with Crippen LogP contribution in [0.3, 0.4) is 0 Å². The lowest BCUT2D eigenvalue weighted by molar-refractivity contribution is -0.144. The maximum atomic E-state index is 10.9. The van der Waals surface area contributed by atoms with E-state index >= 15 is 0 Å². The fourth-order valence-corrected chi connectivity index (χ4v) is 2.09. The minimum absolute atomic E-state index is 0.314. The monoisotopic (exact) mass is 338 g/mol. The van der Waals surface area contributed by atoms with Crippen molar-refractivity contribution in [3.63, 3.8) is 0 Å². The average molecular weight is 339 g/mol. The van der Waals surface area contributed by atoms with E-state index in [1.165, 1.54) is 12.8 Å². The van der Waals surface area contributed by atoms with Gasteiger partial charge in [-0.15, -0.1) is 0 Å². The van der Waals surface area contributed by atoms with E-state index in [2.05, 4.69) is 15.9 Å². The van der Waals surface area contributed by atoms with Gasteiger partial charge in [0.1, 0.15) is 0 Å². The van der Waals surface area contributed by atoms with Gasteiger partial charge >= 0.3 is 5.97 Å². The molecule has 19 heavy (non-hydrogen) atoms. The molecule has 0 aliphatic heterocycles. The largest absolute Gasteiger partial charge is 0.481 e. The van der Waals surface area contributed by atoms with Gasteiger partial charge in [0.15, 0.2) is 0 Å². The molecule has 0 aromatic rings. The summed E-state index contributed by atoms with van der Waals surface area (Å²) in [7, 11) is 0. The van der Waals surface area contributed by atoms with Crippen LogP contribution in [0.25, 0.3) is 0 Å². The molecule has 0 heterocycles. The van der Waals surface area contributed by atoms with E-state index in [0.717, 1.165) is 31.2 Å². The number of carboxylic acid groups (broad SMARTS) is 1. The van der Waals surface area contributed by atoms with E-state index in [0.29, 0.717) is 26.2 Å². The van der Waals surface area contributed by atoms with Gasteiger partial charge in [0.2, 0.25) is 0 Å². The molecule has 4 nitrogen and oxygen atoms in total. The summed E-state index contributed by atoms with van der Waals surface area (Å²) >= 11 is 3.39. The Hall–Kier alpha value is -0.130. The highest BCUT2D eigenvalue weighted by atomic mass is 79.9. The molecule has 0 saturated carbocycles. The van der Waals surface area contributed by atoms with Crippen LogP contribution in [0.2, 0.25) is 0 Å². The second-order valence-electron chi connectivity index (χ2n) is 4.61. The van der Waals surface area contributed by atoms with E-state index in [1.54, 1.807) is 0 Å². The highest BCUT2D eigenvalue weighted by molar-refractivity contribution is 9.09. The first-order chi connectivity index (χ1) is 9.22. The van der Waals surface area contributed by atoms with E-state index < -0.39 is 5.97 Å². The average Bonchev–Trinajstić information content (AvgIpc) is 2.39. The maximum absolute atomic E-state index is 10.9. The quantitative estimate of drug-likeness (QED) is 0.389. The van der Waals surface area contributed by atoms with Crippen molar-refractivity contribution in [2.75, 3.05) is 31.8 Å². The number of halogens is 1. The summed E-state index contributed by atoms with van der Waals surface area (Å²) in [6, 6.07) is 0. The van der Waals surface area contributed by atoms with Gasteiger partial charge in [0.25, 0.3) is 0 Å². The standard InChI is InChI=1S/C14H27BrO4/c1-2-7-13(14(16)17)12-19-11-6-10-18-9-5-3-4-8-15/h13H,2-12H2,1H3,(H,16,17). The van der Waals surface area contributed by atoms with Crippen LogP contribution in [0.5, 0.6) is 0 Å². The van der Waals surface area contributed by atoms with Gasteiger partial charge in [-0.2, -0.15) is 0 Å². The number of hydrogen-bond donors (Lipinski definition) is 1. The zero-order chi connectivity index (χ0) is 14.3. The number of carbonyl (C=O) groups is 1. The smallest absolute Gasteiger partial charge is 0.308 e. The van der Waals surface area contributed by atoms with Crippen LogP contribution >= 0.6 is 15.9 Å². The van der Waals surface area contributed by atoms with Crippen molar-refractivity contribution in [3.8, 4) is 0 Å². The molecule has 5 heteroatoms. The summed E-state index contributed by atoms with van der Waals surface area (Å²) in [5.41, 5.74) is 0. The van der Waals surface area contributed by atoms with Crippen LogP contribution in [0.4, 0.5) is 0 Å². The summed E-state index contributed by atoms with van der Waals surface area (Å²) < 4.78 is 10.9. The van der Waals surface area contributed by atoms with Gasteiger partial charge in [-0.05, 0) is 25.7 Å². The van der Waals surface area contributed by atoms with Gasteiger partial charge in [0.05, 0.1) is 12.5 Å². The van der Waals surface area contributed by atoms with Crippen LogP contribution in [0.15, 0.2) is 0 Å². The minimum atomic E-state index is -0.759. The highest BCUT2D eigenvalue weighted by Gasteiger charge is 2.15. The predicted molar refractivity (Wildman–Crippen MR) is 79.9 cm³/mol. The molecule has 0 bridgehead atoms. The van der Waals surface area contributed by atoms with Crippen molar-refractivity contribution in [1.29, 1.82) is 0 Å². The summed E-state index contributed by atoms with van der Waals surface area (Å²) in [5.74, 6) is -1.12. The van der Waals surface area contributed by atoms with Crippen LogP contribution in [-0.4, -0.2) is 42.8 Å². The lowest BCUT2D eigenvalue weighted by Crippen LogP contribution is -2.20. The summed E-state index contributed by atoms with van der Waals surface area (Å²) in [6.45, 7) is 4.38. The molecule has 0 spiro atoms. The number of carboxylic acids is 1. The SMILES string of the molecule is CCCC(COCCCOCCCCCBr)C(=O)O. The van der Waals surface area contributed by atoms with Gasteiger partial charge in [0, 0.05) is 25.2 Å². The van der Waals surface area contributed by atoms with Crippen LogP contribution in [0, 0.1) is 5.92 Å². The van der Waals surface area contributed by atoms with Gasteiger partial charge < -0.3 is 14.6 Å². The van der Waals surface area contributed by atoms with Crippen LogP contribution < -0.4 is 0 Å². The molecule has 0 fully saturated rings. The van der Waals surface area contributed by atoms with Crippen molar-refractivity contribution >= 4 is 21.9 Å². The second kappa shape index (κ2) is 14.3. The number of ether oxygens (including phenoxy) is 2. The Kier molecular flexibility index (Phi) is 14.2. The number of aliphatic carboxylic acids is 1. The van der Waals surface area contributed by atoms with Crippen LogP contribution in [0.1, 0.15) is 45.4 Å². The van der Waals surface area contributed by atoms with Crippen molar-refractivity contribution in [1.82, 2.24) is 0 Å². The first-order valence-electron chi connectivity index (χ1n) is 7.16. The Morgan fingerprint density at radius 2 is 1.79 bits per heavy atom. The first kappa shape index (κ1) is 18.9. The summed E-state index contributed by atoms with van der Waals surface area (Å²) in [6.07, 6.45) is 5.87. The normalized spacial score (nSPS) is 12.5. The molecule has 0 saturated heterocycles. The van der Waals surface area contributed by atoms with Crippen molar-refractivity contribution < 1.29 is 19.4 Å². The fourth-order valence-electron chi connectivity index (χ4n) is 1.69. The van der Waals surface area contributed by atoms with E-state index in [1.807, 2.05) is 6.92 Å². The molecular weight excluding hydrogens is 312 g/mol. The Morgan fingerprint density at radius 3 is 2.42 bits per heavy atom. The van der Waals surface area contributed by atoms with Gasteiger partial charge in [-0.25, -0.2) is 0 Å². The molecule has 1 unspecified atom stereocenters. The van der Waals surface area contributed by atoms with Crippen molar-refractivity contribution in [2.24, 2.45) is 5.92 Å². The minimum Gasteiger partial charge on any atom is -0.481 e. The second-order valence-corrected chi connectivity index (χ2v) is 5.41. The lowest BCUT2D eigenvalue weighted by atomic mass is 10.1. The summed E-state index contributed by atoms with van der Waals surface area (Å²) in [5, 5.41) is 10.00. The highest BCUT2D eigenvalue weighted by Crippen LogP contribution is 2.07. The number of rotatable bonds is 14. The van der Waals surface area contributed by atoms with Crippen molar-refractivity contribution in [3.05, 3.63) is 0 Å². The number of hydrogen-bond acceptors (Lipinski definition) is 3. The van der Waals surface area contributed by atoms with Gasteiger partial charge in [-0.3, -0.25) is 4.79 Å². The third kappa shape index (κ3) is 12.6. The third-order valence-electron chi connectivity index (χ3n) is 2.81. The molecule has 0 rings (SSSR count). The molecule has 0 aliphatic rings. The topological polar surface area (TPSA) is 55.8 Å². The predicted octanol–water partition coefficient (Wildman–Crippen LogP) is 3.48. The number of unbranched alkanes of at least 4 members (excludes halogenated alkanes) is 2. The number of alkyl halides is 1. The Balaban J connectivity index is 3.27.